The molecule has 0 spiro atoms. The van der Waals surface area contributed by atoms with Gasteiger partial charge in [-0.15, -0.1) is 0 Å². The Kier molecular flexibility index (Phi) is 0.823. The van der Waals surface area contributed by atoms with Crippen molar-refractivity contribution >= 4 is 15.9 Å². The molecule has 0 heterocycles. The highest BCUT2D eigenvalue weighted by Crippen LogP contribution is 2.27. The SMILES string of the molecule is [2H]c1c([2H])c(C(F)(F)C([2H])([2H])[2H])c([2H])c([2H])c1Br. The molecule has 1 rings (SSSR count). The number of halogens is 3. The van der Waals surface area contributed by atoms with Crippen LogP contribution in [0.4, 0.5) is 8.78 Å². The minimum atomic E-state index is -4.45. The number of hydrogen-bond acceptors (Lipinski definition) is 0. The zero-order chi connectivity index (χ0) is 14.5. The molecule has 0 unspecified atom stereocenters. The number of benzene rings is 1. The van der Waals surface area contributed by atoms with Gasteiger partial charge in [-0.05, 0) is 12.1 Å². The van der Waals surface area contributed by atoms with E-state index < -0.39 is 42.5 Å². The van der Waals surface area contributed by atoms with Crippen LogP contribution < -0.4 is 0 Å². The summed E-state index contributed by atoms with van der Waals surface area (Å²) in [6.07, 6.45) is 0. The molecule has 0 aliphatic rings. The van der Waals surface area contributed by atoms with Gasteiger partial charge in [-0.3, -0.25) is 0 Å². The molecule has 11 heavy (non-hydrogen) atoms. The molecule has 0 N–H and O–H groups in total. The van der Waals surface area contributed by atoms with Gasteiger partial charge in [0, 0.05) is 21.0 Å². The zero-order valence-electron chi connectivity index (χ0n) is 12.1. The molecule has 3 heteroatoms. The van der Waals surface area contributed by atoms with E-state index in [-0.39, 0.29) is 4.47 Å². The van der Waals surface area contributed by atoms with Crippen LogP contribution in [0.1, 0.15) is 22.0 Å². The number of alkyl halides is 2. The van der Waals surface area contributed by atoms with Crippen LogP contribution >= 0.6 is 15.9 Å². The van der Waals surface area contributed by atoms with Crippen LogP contribution in [-0.4, -0.2) is 0 Å². The Hall–Kier alpha value is -0.440. The summed E-state index contributed by atoms with van der Waals surface area (Å²) in [5.74, 6) is -4.45. The van der Waals surface area contributed by atoms with Gasteiger partial charge >= 0.3 is 0 Å². The summed E-state index contributed by atoms with van der Waals surface area (Å²) in [6.45, 7) is -3.74. The Morgan fingerprint density at radius 1 is 1.45 bits per heavy atom. The molecule has 1 aromatic rings. The lowest BCUT2D eigenvalue weighted by atomic mass is 10.1. The molecule has 0 fully saturated rings. The highest BCUT2D eigenvalue weighted by molar-refractivity contribution is 9.10. The molecule has 0 bridgehead atoms. The second kappa shape index (κ2) is 2.89. The van der Waals surface area contributed by atoms with Crippen molar-refractivity contribution in [2.45, 2.75) is 12.8 Å². The fourth-order valence-corrected chi connectivity index (χ4v) is 0.652. The maximum Gasteiger partial charge on any atom is 0.270 e. The predicted molar refractivity (Wildman–Crippen MR) is 43.7 cm³/mol. The summed E-state index contributed by atoms with van der Waals surface area (Å²) >= 11 is 2.73. The van der Waals surface area contributed by atoms with E-state index in [1.165, 1.54) is 0 Å². The van der Waals surface area contributed by atoms with Crippen molar-refractivity contribution in [1.29, 1.82) is 0 Å². The monoisotopic (exact) mass is 227 g/mol. The average Bonchev–Trinajstić information content (AvgIpc) is 2.22. The van der Waals surface area contributed by atoms with Crippen molar-refractivity contribution in [3.8, 4) is 0 Å². The fourth-order valence-electron chi connectivity index (χ4n) is 0.454. The van der Waals surface area contributed by atoms with Crippen molar-refractivity contribution < 1.29 is 18.4 Å². The van der Waals surface area contributed by atoms with Gasteiger partial charge in [-0.1, -0.05) is 28.0 Å². The van der Waals surface area contributed by atoms with Crippen molar-refractivity contribution in [2.75, 3.05) is 0 Å². The highest BCUT2D eigenvalue weighted by atomic mass is 79.9. The Morgan fingerprint density at radius 2 is 2.00 bits per heavy atom. The van der Waals surface area contributed by atoms with Gasteiger partial charge in [-0.2, -0.15) is 0 Å². The van der Waals surface area contributed by atoms with E-state index in [9.17, 15) is 8.78 Å². The molecule has 0 atom stereocenters. The van der Waals surface area contributed by atoms with E-state index in [0.717, 1.165) is 0 Å². The molecule has 0 aliphatic carbocycles. The molecule has 60 valence electrons. The zero-order valence-corrected chi connectivity index (χ0v) is 6.72. The summed E-state index contributed by atoms with van der Waals surface area (Å²) in [5, 5.41) is 0. The third-order valence-corrected chi connectivity index (χ3v) is 1.30. The largest absolute Gasteiger partial charge is 0.270 e. The maximum atomic E-state index is 13.7. The third kappa shape index (κ3) is 2.26. The van der Waals surface area contributed by atoms with Gasteiger partial charge in [0.05, 0.1) is 5.48 Å². The number of hydrogen-bond donors (Lipinski definition) is 0. The summed E-state index contributed by atoms with van der Waals surface area (Å²) in [5.41, 5.74) is -1.42. The van der Waals surface area contributed by atoms with Crippen LogP contribution in [0.5, 0.6) is 0 Å². The molecule has 0 aliphatic heterocycles. The van der Waals surface area contributed by atoms with Crippen LogP contribution in [-0.2, 0) is 5.92 Å². The summed E-state index contributed by atoms with van der Waals surface area (Å²) in [6, 6.07) is -3.61. The van der Waals surface area contributed by atoms with Crippen LogP contribution in [0.25, 0.3) is 0 Å². The minimum Gasteiger partial charge on any atom is -0.202 e. The molecular formula is C8H7BrF2. The maximum absolute atomic E-state index is 13.7. The lowest BCUT2D eigenvalue weighted by Crippen LogP contribution is -2.05. The van der Waals surface area contributed by atoms with Crippen molar-refractivity contribution in [3.63, 3.8) is 0 Å². The summed E-state index contributed by atoms with van der Waals surface area (Å²) in [4.78, 5) is 0. The van der Waals surface area contributed by atoms with Gasteiger partial charge in [0.15, 0.2) is 0 Å². The first-order chi connectivity index (χ1) is 7.93. The smallest absolute Gasteiger partial charge is 0.202 e. The Labute approximate surface area is 82.2 Å². The van der Waals surface area contributed by atoms with Crippen molar-refractivity contribution in [1.82, 2.24) is 0 Å². The van der Waals surface area contributed by atoms with E-state index in [4.69, 9.17) is 9.60 Å². The second-order valence-electron chi connectivity index (χ2n) is 1.76. The number of rotatable bonds is 1. The quantitative estimate of drug-likeness (QED) is 0.689. The first kappa shape index (κ1) is 3.13. The molecule has 1 aromatic carbocycles. The van der Waals surface area contributed by atoms with Crippen molar-refractivity contribution in [2.24, 2.45) is 0 Å². The summed E-state index contributed by atoms with van der Waals surface area (Å²) in [7, 11) is 0. The van der Waals surface area contributed by atoms with E-state index in [1.807, 2.05) is 0 Å². The Balaban J connectivity index is 3.72. The Bertz CT molecular complexity index is 468. The molecule has 0 saturated heterocycles. The van der Waals surface area contributed by atoms with Crippen molar-refractivity contribution in [3.05, 3.63) is 34.2 Å². The van der Waals surface area contributed by atoms with E-state index in [2.05, 4.69) is 15.9 Å². The molecule has 0 saturated carbocycles. The van der Waals surface area contributed by atoms with Gasteiger partial charge in [0.25, 0.3) is 5.92 Å². The summed E-state index contributed by atoms with van der Waals surface area (Å²) < 4.78 is 76.7. The first-order valence-corrected chi connectivity index (χ1v) is 3.36. The second-order valence-corrected chi connectivity index (χ2v) is 2.56. The van der Waals surface area contributed by atoms with Crippen LogP contribution in [0.15, 0.2) is 28.6 Å². The Morgan fingerprint density at radius 3 is 2.45 bits per heavy atom. The van der Waals surface area contributed by atoms with E-state index in [0.29, 0.717) is 0 Å². The van der Waals surface area contributed by atoms with Crippen LogP contribution in [0.3, 0.4) is 0 Å². The van der Waals surface area contributed by atoms with E-state index in [1.54, 1.807) is 0 Å². The molecule has 0 radical (unpaired) electrons. The lowest BCUT2D eigenvalue weighted by molar-refractivity contribution is 0.0174. The first-order valence-electron chi connectivity index (χ1n) is 6.07. The van der Waals surface area contributed by atoms with Gasteiger partial charge in [0.2, 0.25) is 0 Å². The molecule has 0 nitrogen and oxygen atoms in total. The van der Waals surface area contributed by atoms with Gasteiger partial charge in [-0.25, -0.2) is 8.78 Å². The minimum absolute atomic E-state index is 0.289. The topological polar surface area (TPSA) is 0 Å². The van der Waals surface area contributed by atoms with Crippen LogP contribution in [0.2, 0.25) is 0 Å². The normalized spacial score (nSPS) is 21.9. The average molecular weight is 228 g/mol. The van der Waals surface area contributed by atoms with E-state index >= 15 is 0 Å². The van der Waals surface area contributed by atoms with Crippen LogP contribution in [0, 0.1) is 0 Å². The third-order valence-electron chi connectivity index (χ3n) is 0.908. The lowest BCUT2D eigenvalue weighted by Gasteiger charge is -2.09. The standard InChI is InChI=1S/C8H7BrF2/c1-8(10,11)6-2-4-7(9)5-3-6/h2-5H,1H3/i1D3,2D,3D,4D,5D. The molecular weight excluding hydrogens is 214 g/mol. The van der Waals surface area contributed by atoms with Gasteiger partial charge in [0.1, 0.15) is 0 Å². The molecule has 0 amide bonds. The predicted octanol–water partition coefficient (Wildman–Crippen LogP) is 3.56. The fraction of sp³-hybridized carbons (Fsp3) is 0.250. The highest BCUT2D eigenvalue weighted by Gasteiger charge is 2.23. The molecule has 0 aromatic heterocycles. The van der Waals surface area contributed by atoms with Gasteiger partial charge < -0.3 is 0 Å².